The van der Waals surface area contributed by atoms with Gasteiger partial charge in [-0.1, -0.05) is 19.8 Å². The third kappa shape index (κ3) is 4.85. The standard InChI is InChI=1S/C15H30N2O2S2/c1-3-8-16-12-15(6-4-5-7-15)13-17-9-10-20-11-14(17)21(2,18)19/h14,16H,3-13H2,1-2H3. The lowest BCUT2D eigenvalue weighted by Crippen LogP contribution is -2.52. The molecule has 1 saturated carbocycles. The molecule has 2 aliphatic rings. The van der Waals surface area contributed by atoms with E-state index in [1.165, 1.54) is 31.9 Å². The molecule has 6 heteroatoms. The summed E-state index contributed by atoms with van der Waals surface area (Å²) in [7, 11) is -2.98. The van der Waals surface area contributed by atoms with Crippen molar-refractivity contribution in [3.8, 4) is 0 Å². The van der Waals surface area contributed by atoms with Gasteiger partial charge in [-0.2, -0.15) is 11.8 Å². The maximum Gasteiger partial charge on any atom is 0.164 e. The summed E-state index contributed by atoms with van der Waals surface area (Å²) in [5.74, 6) is 1.79. The van der Waals surface area contributed by atoms with Crippen LogP contribution in [0.4, 0.5) is 0 Å². The zero-order valence-electron chi connectivity index (χ0n) is 13.4. The summed E-state index contributed by atoms with van der Waals surface area (Å²) in [6.45, 7) is 6.16. The maximum atomic E-state index is 12.1. The van der Waals surface area contributed by atoms with Crippen LogP contribution in [0.3, 0.4) is 0 Å². The van der Waals surface area contributed by atoms with E-state index in [1.54, 1.807) is 11.8 Å². The van der Waals surface area contributed by atoms with E-state index in [0.29, 0.717) is 5.41 Å². The molecule has 1 atom stereocenters. The molecule has 0 radical (unpaired) electrons. The average Bonchev–Trinajstić information content (AvgIpc) is 2.87. The molecular weight excluding hydrogens is 304 g/mol. The van der Waals surface area contributed by atoms with Crippen LogP contribution in [0, 0.1) is 5.41 Å². The molecule has 0 aromatic carbocycles. The molecule has 0 aromatic rings. The van der Waals surface area contributed by atoms with Crippen molar-refractivity contribution in [1.29, 1.82) is 0 Å². The molecule has 0 spiro atoms. The van der Waals surface area contributed by atoms with E-state index in [4.69, 9.17) is 0 Å². The van der Waals surface area contributed by atoms with E-state index in [1.807, 2.05) is 0 Å². The van der Waals surface area contributed by atoms with Crippen molar-refractivity contribution in [3.05, 3.63) is 0 Å². The van der Waals surface area contributed by atoms with Gasteiger partial charge in [0.15, 0.2) is 9.84 Å². The molecule has 1 N–H and O–H groups in total. The van der Waals surface area contributed by atoms with Crippen molar-refractivity contribution >= 4 is 21.6 Å². The Balaban J connectivity index is 2.04. The number of sulfone groups is 1. The van der Waals surface area contributed by atoms with Crippen LogP contribution in [0.25, 0.3) is 0 Å². The molecule has 2 rings (SSSR count). The Kier molecular flexibility index (Phi) is 6.41. The first-order chi connectivity index (χ1) is 9.97. The van der Waals surface area contributed by atoms with E-state index in [9.17, 15) is 8.42 Å². The Morgan fingerprint density at radius 1 is 1.33 bits per heavy atom. The van der Waals surface area contributed by atoms with Gasteiger partial charge in [-0.05, 0) is 31.2 Å². The Morgan fingerprint density at radius 2 is 2.05 bits per heavy atom. The van der Waals surface area contributed by atoms with E-state index < -0.39 is 9.84 Å². The van der Waals surface area contributed by atoms with Crippen molar-refractivity contribution < 1.29 is 8.42 Å². The molecule has 124 valence electrons. The highest BCUT2D eigenvalue weighted by Gasteiger charge is 2.40. The summed E-state index contributed by atoms with van der Waals surface area (Å²) < 4.78 is 24.1. The normalized spacial score (nSPS) is 27.0. The fourth-order valence-electron chi connectivity index (χ4n) is 3.67. The van der Waals surface area contributed by atoms with Gasteiger partial charge in [-0.25, -0.2) is 8.42 Å². The molecule has 2 fully saturated rings. The molecule has 0 bridgehead atoms. The van der Waals surface area contributed by atoms with Gasteiger partial charge in [0, 0.05) is 37.4 Å². The van der Waals surface area contributed by atoms with Crippen molar-refractivity contribution in [3.63, 3.8) is 0 Å². The number of nitrogens with zero attached hydrogens (tertiary/aromatic N) is 1. The van der Waals surface area contributed by atoms with Crippen molar-refractivity contribution in [2.75, 3.05) is 43.9 Å². The maximum absolute atomic E-state index is 12.1. The second-order valence-electron chi connectivity index (χ2n) is 6.71. The minimum atomic E-state index is -2.98. The van der Waals surface area contributed by atoms with E-state index in [2.05, 4.69) is 17.1 Å². The van der Waals surface area contributed by atoms with Crippen LogP contribution < -0.4 is 5.32 Å². The summed E-state index contributed by atoms with van der Waals surface area (Å²) >= 11 is 1.78. The SMILES string of the molecule is CCCNCC1(CN2CCSCC2S(C)(=O)=O)CCCC1. The van der Waals surface area contributed by atoms with Gasteiger partial charge in [0.1, 0.15) is 5.37 Å². The van der Waals surface area contributed by atoms with Gasteiger partial charge < -0.3 is 5.32 Å². The lowest BCUT2D eigenvalue weighted by atomic mass is 9.85. The Labute approximate surface area is 134 Å². The van der Waals surface area contributed by atoms with Gasteiger partial charge in [0.25, 0.3) is 0 Å². The second-order valence-corrected chi connectivity index (χ2v) is 10.1. The highest BCUT2D eigenvalue weighted by atomic mass is 32.2. The topological polar surface area (TPSA) is 49.4 Å². The van der Waals surface area contributed by atoms with Crippen molar-refractivity contribution in [1.82, 2.24) is 10.2 Å². The predicted octanol–water partition coefficient (Wildman–Crippen LogP) is 1.97. The molecule has 21 heavy (non-hydrogen) atoms. The zero-order valence-corrected chi connectivity index (χ0v) is 15.1. The lowest BCUT2D eigenvalue weighted by molar-refractivity contribution is 0.146. The van der Waals surface area contributed by atoms with Gasteiger partial charge in [0.05, 0.1) is 0 Å². The van der Waals surface area contributed by atoms with Crippen LogP contribution >= 0.6 is 11.8 Å². The number of rotatable bonds is 7. The summed E-state index contributed by atoms with van der Waals surface area (Å²) in [6.07, 6.45) is 7.61. The second kappa shape index (κ2) is 7.66. The quantitative estimate of drug-likeness (QED) is 0.721. The first-order valence-corrected chi connectivity index (χ1v) is 11.3. The highest BCUT2D eigenvalue weighted by Crippen LogP contribution is 2.39. The Bertz CT molecular complexity index is 419. The average molecular weight is 335 g/mol. The number of hydrogen-bond acceptors (Lipinski definition) is 5. The van der Waals surface area contributed by atoms with Crippen LogP contribution in [0.1, 0.15) is 39.0 Å². The smallest absolute Gasteiger partial charge is 0.164 e. The molecule has 1 unspecified atom stereocenters. The molecule has 0 amide bonds. The third-order valence-corrected chi connectivity index (χ3v) is 7.50. The minimum Gasteiger partial charge on any atom is -0.316 e. The monoisotopic (exact) mass is 334 g/mol. The van der Waals surface area contributed by atoms with Gasteiger partial charge in [0.2, 0.25) is 0 Å². The minimum absolute atomic E-state index is 0.278. The van der Waals surface area contributed by atoms with Crippen LogP contribution in [0.2, 0.25) is 0 Å². The summed E-state index contributed by atoms with van der Waals surface area (Å²) in [6, 6.07) is 0. The summed E-state index contributed by atoms with van der Waals surface area (Å²) in [5.41, 5.74) is 0.292. The third-order valence-electron chi connectivity index (χ3n) is 4.81. The molecular formula is C15H30N2O2S2. The number of nitrogens with one attached hydrogen (secondary N) is 1. The van der Waals surface area contributed by atoms with Crippen LogP contribution in [-0.4, -0.2) is 62.6 Å². The molecule has 1 saturated heterocycles. The van der Waals surface area contributed by atoms with Crippen molar-refractivity contribution in [2.45, 2.75) is 44.4 Å². The lowest BCUT2D eigenvalue weighted by Gasteiger charge is -2.41. The summed E-state index contributed by atoms with van der Waals surface area (Å²) in [4.78, 5) is 2.25. The van der Waals surface area contributed by atoms with E-state index in [-0.39, 0.29) is 5.37 Å². The fraction of sp³-hybridized carbons (Fsp3) is 1.00. The molecule has 4 nitrogen and oxygen atoms in total. The van der Waals surface area contributed by atoms with Crippen LogP contribution in [0.15, 0.2) is 0 Å². The van der Waals surface area contributed by atoms with Crippen LogP contribution in [0.5, 0.6) is 0 Å². The van der Waals surface area contributed by atoms with Gasteiger partial charge in [-0.3, -0.25) is 4.90 Å². The zero-order chi connectivity index (χ0) is 15.3. The van der Waals surface area contributed by atoms with E-state index >= 15 is 0 Å². The van der Waals surface area contributed by atoms with Gasteiger partial charge >= 0.3 is 0 Å². The first-order valence-electron chi connectivity index (χ1n) is 8.18. The molecule has 0 aromatic heterocycles. The highest BCUT2D eigenvalue weighted by molar-refractivity contribution is 8.00. The Morgan fingerprint density at radius 3 is 2.67 bits per heavy atom. The predicted molar refractivity (Wildman–Crippen MR) is 91.6 cm³/mol. The fourth-order valence-corrected chi connectivity index (χ4v) is 6.61. The number of thioether (sulfide) groups is 1. The molecule has 1 aliphatic carbocycles. The largest absolute Gasteiger partial charge is 0.316 e. The van der Waals surface area contributed by atoms with Crippen molar-refractivity contribution in [2.24, 2.45) is 5.41 Å². The number of hydrogen-bond donors (Lipinski definition) is 1. The summed E-state index contributed by atoms with van der Waals surface area (Å²) in [5, 5.41) is 3.30. The molecule has 1 heterocycles. The van der Waals surface area contributed by atoms with E-state index in [0.717, 1.165) is 44.1 Å². The Hall–Kier alpha value is 0.220. The van der Waals surface area contributed by atoms with Crippen LogP contribution in [-0.2, 0) is 9.84 Å². The first kappa shape index (κ1) is 17.6. The van der Waals surface area contributed by atoms with Gasteiger partial charge in [-0.15, -0.1) is 0 Å². The molecule has 1 aliphatic heterocycles.